The molecule has 1 aliphatic rings. The van der Waals surface area contributed by atoms with Gasteiger partial charge < -0.3 is 16.2 Å². The zero-order valence-corrected chi connectivity index (χ0v) is 23.5. The van der Waals surface area contributed by atoms with Crippen molar-refractivity contribution in [2.75, 3.05) is 37.6 Å². The van der Waals surface area contributed by atoms with Crippen LogP contribution >= 0.6 is 0 Å². The van der Waals surface area contributed by atoms with Crippen LogP contribution in [0, 0.1) is 27.2 Å². The smallest absolute Gasteiger partial charge is 0.164 e. The number of aromatic nitrogens is 4. The number of nitrogens with zero attached hydrogens (tertiary/aromatic N) is 6. The van der Waals surface area contributed by atoms with Crippen LogP contribution in [0.4, 0.5) is 5.82 Å². The first-order valence-corrected chi connectivity index (χ1v) is 7.56. The molecule has 1 radical (unpaired) electrons. The summed E-state index contributed by atoms with van der Waals surface area (Å²) in [6.45, 7) is 13.4. The van der Waals surface area contributed by atoms with Crippen molar-refractivity contribution in [2.24, 2.45) is 0 Å². The van der Waals surface area contributed by atoms with Crippen molar-refractivity contribution in [1.82, 2.24) is 24.5 Å². The molecule has 3 rings (SSSR count). The van der Waals surface area contributed by atoms with Gasteiger partial charge >= 0.3 is 0 Å². The molecule has 123 valence electrons. The second kappa shape index (κ2) is 7.49. The molecular weight excluding hydrogens is 717 g/mol. The molecule has 3 heterocycles. The van der Waals surface area contributed by atoms with Gasteiger partial charge in [0.1, 0.15) is 17.5 Å². The Bertz CT molecular complexity index is 651. The summed E-state index contributed by atoms with van der Waals surface area (Å²) in [7, 11) is 0. The Morgan fingerprint density at radius 2 is 1.70 bits per heavy atom. The predicted molar refractivity (Wildman–Crippen MR) is 83.6 cm³/mol. The molecule has 8 heteroatoms. The van der Waals surface area contributed by atoms with Gasteiger partial charge in [-0.15, -0.1) is 11.6 Å². The normalized spacial score (nSPS) is 15.4. The van der Waals surface area contributed by atoms with E-state index in [-0.39, 0.29) is 20.4 Å². The van der Waals surface area contributed by atoms with Gasteiger partial charge in [0.25, 0.3) is 0 Å². The fourth-order valence-electron chi connectivity index (χ4n) is 2.98. The predicted octanol–water partition coefficient (Wildman–Crippen LogP) is 1.39. The third-order valence-electron chi connectivity index (χ3n) is 4.07. The van der Waals surface area contributed by atoms with Crippen LogP contribution in [0.15, 0.2) is 0 Å². The Morgan fingerprint density at radius 3 is 2.30 bits per heavy atom. The number of hydrogen-bond acceptors (Lipinski definition) is 5. The maximum Gasteiger partial charge on any atom is 0.164 e. The molecule has 0 atom stereocenters. The Balaban J connectivity index is 0.00000132. The second-order valence-corrected chi connectivity index (χ2v) is 5.70. The summed E-state index contributed by atoms with van der Waals surface area (Å²) in [4.78, 5) is 14.2. The van der Waals surface area contributed by atoms with E-state index in [1.54, 1.807) is 0 Å². The van der Waals surface area contributed by atoms with Gasteiger partial charge in [0.05, 0.1) is 0 Å². The van der Waals surface area contributed by atoms with Crippen LogP contribution in [-0.4, -0.2) is 57.2 Å². The van der Waals surface area contributed by atoms with E-state index in [9.17, 15) is 0 Å². The van der Waals surface area contributed by atoms with Crippen LogP contribution in [0.1, 0.15) is 24.1 Å². The molecule has 0 aliphatic carbocycles. The van der Waals surface area contributed by atoms with Gasteiger partial charge in [-0.3, -0.25) is 0 Å². The molecule has 0 unspecified atom stereocenters. The van der Waals surface area contributed by atoms with E-state index in [1.807, 2.05) is 18.4 Å². The standard InChI is InChI=1S/C15H23N6.Re.Rf/c1-5-6-19-7-9-20(10-8-19)14-11(2)15-16-12(3)18-21(15)13(4)17-14;;/h5H,6-10H2,1-4H3;;/q-1;;. The average Bonchev–Trinajstić information content (AvgIpc) is 2.87. The first-order valence-electron chi connectivity index (χ1n) is 7.56. The number of hydrogen-bond donors (Lipinski definition) is 0. The van der Waals surface area contributed by atoms with Crippen LogP contribution < -0.4 is 4.90 Å². The van der Waals surface area contributed by atoms with Crippen molar-refractivity contribution >= 4 is 11.5 Å². The maximum atomic E-state index is 4.77. The fourth-order valence-corrected chi connectivity index (χ4v) is 2.98. The zero-order chi connectivity index (χ0) is 15.0. The second-order valence-electron chi connectivity index (χ2n) is 5.70. The molecule has 23 heavy (non-hydrogen) atoms. The summed E-state index contributed by atoms with van der Waals surface area (Å²) in [5, 5.41) is 4.41. The quantitative estimate of drug-likeness (QED) is 0.446. The number of aryl methyl sites for hydroxylation is 3. The van der Waals surface area contributed by atoms with Gasteiger partial charge in [-0.1, -0.05) is 0 Å². The Kier molecular flexibility index (Phi) is 6.20. The van der Waals surface area contributed by atoms with Gasteiger partial charge in [-0.05, 0) is 20.8 Å². The van der Waals surface area contributed by atoms with Crippen LogP contribution in [0.3, 0.4) is 0 Å². The summed E-state index contributed by atoms with van der Waals surface area (Å²) in [5.41, 5.74) is 2.05. The zero-order valence-electron chi connectivity index (χ0n) is 14.4. The number of anilines is 1. The molecule has 1 saturated heterocycles. The van der Waals surface area contributed by atoms with Gasteiger partial charge in [-0.2, -0.15) is 11.4 Å². The molecular formula is C15H23N6ReRf-. The van der Waals surface area contributed by atoms with E-state index in [2.05, 4.69) is 40.2 Å². The molecule has 0 amide bonds. The minimum Gasteiger partial charge on any atom is -0.354 e. The molecule has 2 aromatic rings. The maximum absolute atomic E-state index is 4.77. The van der Waals surface area contributed by atoms with Crippen molar-refractivity contribution in [3.63, 3.8) is 0 Å². The molecule has 1 aliphatic heterocycles. The fraction of sp³-hybridized carbons (Fsp3) is 0.600. The number of fused-ring (bicyclic) bond motifs is 1. The van der Waals surface area contributed by atoms with Crippen molar-refractivity contribution in [3.05, 3.63) is 23.6 Å². The van der Waals surface area contributed by atoms with E-state index in [4.69, 9.17) is 4.98 Å². The molecule has 0 aromatic carbocycles. The van der Waals surface area contributed by atoms with Crippen LogP contribution in [-0.2, 0) is 20.4 Å². The summed E-state index contributed by atoms with van der Waals surface area (Å²) in [5.74, 6) is 2.76. The third kappa shape index (κ3) is 3.49. The number of rotatable bonds is 3. The number of piperazine rings is 1. The van der Waals surface area contributed by atoms with Crippen molar-refractivity contribution in [2.45, 2.75) is 27.7 Å². The van der Waals surface area contributed by atoms with Crippen molar-refractivity contribution in [3.8, 4) is 0 Å². The SMILES string of the molecule is C[CH-]CN1CCN(c2nc(C)n3nc(C)nc3c2C)CC1.[Re].[Rf]. The topological polar surface area (TPSA) is 49.6 Å². The molecule has 2 aromatic heterocycles. The minimum absolute atomic E-state index is 0. The largest absolute Gasteiger partial charge is 0.354 e. The van der Waals surface area contributed by atoms with Crippen LogP contribution in [0.2, 0.25) is 0 Å². The summed E-state index contributed by atoms with van der Waals surface area (Å²) in [6.07, 6.45) is 2.22. The summed E-state index contributed by atoms with van der Waals surface area (Å²) < 4.78 is 1.84. The third-order valence-corrected chi connectivity index (χ3v) is 4.07. The monoisotopic (exact) mass is 741 g/mol. The first kappa shape index (κ1) is 19.0. The van der Waals surface area contributed by atoms with E-state index in [0.717, 1.165) is 61.4 Å². The van der Waals surface area contributed by atoms with E-state index in [1.165, 1.54) is 0 Å². The summed E-state index contributed by atoms with van der Waals surface area (Å²) in [6, 6.07) is 0. The first-order chi connectivity index (χ1) is 10.1. The minimum atomic E-state index is 0. The molecule has 1 fully saturated rings. The average molecular weight is 741 g/mol. The molecule has 0 bridgehead atoms. The molecule has 0 N–H and O–H groups in total. The van der Waals surface area contributed by atoms with Gasteiger partial charge in [-0.25, -0.2) is 9.97 Å². The summed E-state index contributed by atoms with van der Waals surface area (Å²) >= 11 is 0. The van der Waals surface area contributed by atoms with Crippen LogP contribution in [0.5, 0.6) is 0 Å². The molecule has 6 nitrogen and oxygen atoms in total. The Hall–Kier alpha value is -2.03. The van der Waals surface area contributed by atoms with E-state index < -0.39 is 0 Å². The molecule has 0 spiro atoms. The van der Waals surface area contributed by atoms with Gasteiger partial charge in [0, 0.05) is 52.2 Å². The Morgan fingerprint density at radius 1 is 1.04 bits per heavy atom. The van der Waals surface area contributed by atoms with Gasteiger partial charge in [0.15, 0.2) is 5.65 Å². The van der Waals surface area contributed by atoms with Crippen molar-refractivity contribution in [1.29, 1.82) is 0 Å². The Labute approximate surface area is 145 Å². The van der Waals surface area contributed by atoms with Crippen molar-refractivity contribution < 1.29 is 20.4 Å². The van der Waals surface area contributed by atoms with Gasteiger partial charge in [0.2, 0.25) is 0 Å². The van der Waals surface area contributed by atoms with E-state index in [0.29, 0.717) is 0 Å². The molecule has 0 saturated carbocycles. The van der Waals surface area contributed by atoms with Crippen LogP contribution in [0.25, 0.3) is 5.65 Å². The van der Waals surface area contributed by atoms with E-state index >= 15 is 0 Å².